The summed E-state index contributed by atoms with van der Waals surface area (Å²) < 4.78 is 0. The molecule has 4 nitrogen and oxygen atoms in total. The number of hydrogen-bond acceptors (Lipinski definition) is 4. The van der Waals surface area contributed by atoms with Gasteiger partial charge in [-0.1, -0.05) is 25.3 Å². The molecule has 0 unspecified atom stereocenters. The Morgan fingerprint density at radius 2 is 1.25 bits per heavy atom. The fourth-order valence-electron chi connectivity index (χ4n) is 0.841. The molecular weight excluding hydrogens is 200 g/mol. The standard InChI is InChI=1S/C12H20N4/c1-3-5-13-7-9-15-11-12-16-10-8-14-6-4-2/h3-6,11-12,15-16H,1-2,7-10H2/b12-11+,13-5?,14-6?. The molecule has 0 aliphatic carbocycles. The number of rotatable bonds is 10. The molecule has 0 aromatic carbocycles. The Hall–Kier alpha value is -1.84. The highest BCUT2D eigenvalue weighted by molar-refractivity contribution is 5.70. The summed E-state index contributed by atoms with van der Waals surface area (Å²) in [7, 11) is 0. The summed E-state index contributed by atoms with van der Waals surface area (Å²) in [4.78, 5) is 8.14. The average molecular weight is 220 g/mol. The minimum atomic E-state index is 0.750. The summed E-state index contributed by atoms with van der Waals surface area (Å²) in [5.41, 5.74) is 0. The quantitative estimate of drug-likeness (QED) is 0.428. The van der Waals surface area contributed by atoms with Crippen molar-refractivity contribution in [3.05, 3.63) is 37.7 Å². The second kappa shape index (κ2) is 13.2. The maximum Gasteiger partial charge on any atom is 0.0562 e. The van der Waals surface area contributed by atoms with Crippen molar-refractivity contribution in [1.29, 1.82) is 0 Å². The lowest BCUT2D eigenvalue weighted by Gasteiger charge is -1.98. The molecule has 0 radical (unpaired) electrons. The molecule has 0 fully saturated rings. The van der Waals surface area contributed by atoms with Crippen molar-refractivity contribution in [3.63, 3.8) is 0 Å². The molecule has 0 aromatic rings. The maximum atomic E-state index is 4.07. The third-order valence-corrected chi connectivity index (χ3v) is 1.51. The predicted octanol–water partition coefficient (Wildman–Crippen LogP) is 1.15. The maximum absolute atomic E-state index is 4.07. The van der Waals surface area contributed by atoms with E-state index in [2.05, 4.69) is 33.8 Å². The van der Waals surface area contributed by atoms with Gasteiger partial charge in [0.25, 0.3) is 0 Å². The van der Waals surface area contributed by atoms with Crippen molar-refractivity contribution in [2.45, 2.75) is 0 Å². The lowest BCUT2D eigenvalue weighted by molar-refractivity contribution is 0.810. The van der Waals surface area contributed by atoms with Gasteiger partial charge in [0.05, 0.1) is 13.1 Å². The van der Waals surface area contributed by atoms with Crippen LogP contribution in [-0.4, -0.2) is 38.6 Å². The topological polar surface area (TPSA) is 48.8 Å². The predicted molar refractivity (Wildman–Crippen MR) is 72.3 cm³/mol. The van der Waals surface area contributed by atoms with Crippen LogP contribution in [0, 0.1) is 0 Å². The van der Waals surface area contributed by atoms with E-state index in [1.54, 1.807) is 24.6 Å². The Morgan fingerprint density at radius 3 is 1.62 bits per heavy atom. The summed E-state index contributed by atoms with van der Waals surface area (Å²) in [5.74, 6) is 0. The van der Waals surface area contributed by atoms with Crippen LogP contribution >= 0.6 is 0 Å². The number of hydrogen-bond donors (Lipinski definition) is 2. The summed E-state index contributed by atoms with van der Waals surface area (Å²) in [6.07, 6.45) is 10.5. The molecule has 88 valence electrons. The third-order valence-electron chi connectivity index (χ3n) is 1.51. The van der Waals surface area contributed by atoms with E-state index in [1.165, 1.54) is 0 Å². The zero-order chi connectivity index (χ0) is 11.9. The van der Waals surface area contributed by atoms with Gasteiger partial charge < -0.3 is 10.6 Å². The highest BCUT2D eigenvalue weighted by Crippen LogP contribution is 1.70. The van der Waals surface area contributed by atoms with Gasteiger partial charge in [-0.15, -0.1) is 0 Å². The van der Waals surface area contributed by atoms with Crippen LogP contribution in [0.2, 0.25) is 0 Å². The molecule has 2 N–H and O–H groups in total. The third kappa shape index (κ3) is 12.2. The molecule has 0 saturated heterocycles. The van der Waals surface area contributed by atoms with Crippen LogP contribution in [-0.2, 0) is 0 Å². The van der Waals surface area contributed by atoms with E-state index in [-0.39, 0.29) is 0 Å². The van der Waals surface area contributed by atoms with Gasteiger partial charge in [-0.2, -0.15) is 0 Å². The van der Waals surface area contributed by atoms with E-state index in [9.17, 15) is 0 Å². The molecular formula is C12H20N4. The van der Waals surface area contributed by atoms with Crippen molar-refractivity contribution < 1.29 is 0 Å². The number of allylic oxidation sites excluding steroid dienone is 2. The van der Waals surface area contributed by atoms with Gasteiger partial charge in [0.15, 0.2) is 0 Å². The summed E-state index contributed by atoms with van der Waals surface area (Å²) in [6.45, 7) is 10.2. The van der Waals surface area contributed by atoms with Crippen LogP contribution in [0.1, 0.15) is 0 Å². The van der Waals surface area contributed by atoms with Gasteiger partial charge >= 0.3 is 0 Å². The lowest BCUT2D eigenvalue weighted by Crippen LogP contribution is -2.14. The monoisotopic (exact) mass is 220 g/mol. The second-order valence-corrected chi connectivity index (χ2v) is 2.82. The Morgan fingerprint density at radius 1 is 0.812 bits per heavy atom. The summed E-state index contributed by atoms with van der Waals surface area (Å²) in [6, 6.07) is 0. The zero-order valence-electron chi connectivity index (χ0n) is 9.60. The first-order valence-corrected chi connectivity index (χ1v) is 5.25. The highest BCUT2D eigenvalue weighted by Gasteiger charge is 1.78. The van der Waals surface area contributed by atoms with Gasteiger partial charge in [0, 0.05) is 37.9 Å². The van der Waals surface area contributed by atoms with E-state index < -0.39 is 0 Å². The van der Waals surface area contributed by atoms with E-state index in [0.29, 0.717) is 0 Å². The largest absolute Gasteiger partial charge is 0.388 e. The number of nitrogens with zero attached hydrogens (tertiary/aromatic N) is 2. The van der Waals surface area contributed by atoms with Crippen LogP contribution in [0.3, 0.4) is 0 Å². The van der Waals surface area contributed by atoms with Crippen LogP contribution < -0.4 is 10.6 Å². The van der Waals surface area contributed by atoms with Crippen molar-refractivity contribution in [2.75, 3.05) is 26.2 Å². The molecule has 0 bridgehead atoms. The van der Waals surface area contributed by atoms with E-state index in [1.807, 2.05) is 12.4 Å². The lowest BCUT2D eigenvalue weighted by atomic mass is 10.6. The average Bonchev–Trinajstić information content (AvgIpc) is 2.31. The number of aliphatic imine (C=N–C) groups is 2. The Balaban J connectivity index is 3.21. The molecule has 0 spiro atoms. The smallest absolute Gasteiger partial charge is 0.0562 e. The van der Waals surface area contributed by atoms with Crippen molar-refractivity contribution in [2.24, 2.45) is 9.98 Å². The molecule has 0 amide bonds. The molecule has 4 heteroatoms. The van der Waals surface area contributed by atoms with Crippen LogP contribution in [0.15, 0.2) is 47.7 Å². The van der Waals surface area contributed by atoms with Gasteiger partial charge in [-0.05, 0) is 0 Å². The van der Waals surface area contributed by atoms with Crippen LogP contribution in [0.25, 0.3) is 0 Å². The summed E-state index contributed by atoms with van der Waals surface area (Å²) >= 11 is 0. The minimum absolute atomic E-state index is 0.750. The fraction of sp³-hybridized carbons (Fsp3) is 0.333. The minimum Gasteiger partial charge on any atom is -0.388 e. The van der Waals surface area contributed by atoms with Crippen LogP contribution in [0.5, 0.6) is 0 Å². The molecule has 0 aromatic heterocycles. The summed E-state index contributed by atoms with van der Waals surface area (Å²) in [5, 5.41) is 6.20. The first-order valence-electron chi connectivity index (χ1n) is 5.25. The fourth-order valence-corrected chi connectivity index (χ4v) is 0.841. The Kier molecular flexibility index (Phi) is 11.6. The Labute approximate surface area is 97.6 Å². The van der Waals surface area contributed by atoms with Gasteiger partial charge in [-0.3, -0.25) is 9.98 Å². The molecule has 0 saturated carbocycles. The van der Waals surface area contributed by atoms with Crippen molar-refractivity contribution in [3.8, 4) is 0 Å². The van der Waals surface area contributed by atoms with E-state index in [4.69, 9.17) is 0 Å². The molecule has 0 aliphatic rings. The van der Waals surface area contributed by atoms with E-state index in [0.717, 1.165) is 26.2 Å². The second-order valence-electron chi connectivity index (χ2n) is 2.82. The molecule has 0 heterocycles. The molecule has 0 rings (SSSR count). The molecule has 16 heavy (non-hydrogen) atoms. The van der Waals surface area contributed by atoms with Crippen molar-refractivity contribution >= 4 is 12.4 Å². The highest BCUT2D eigenvalue weighted by atomic mass is 14.9. The van der Waals surface area contributed by atoms with E-state index >= 15 is 0 Å². The SMILES string of the molecule is C=CC=NCCN/C=C/NCCN=CC=C. The first kappa shape index (κ1) is 14.2. The zero-order valence-corrected chi connectivity index (χ0v) is 9.60. The Bertz CT molecular complexity index is 228. The molecule has 0 atom stereocenters. The van der Waals surface area contributed by atoms with Gasteiger partial charge in [0.2, 0.25) is 0 Å². The normalized spacial score (nSPS) is 11.2. The number of nitrogens with one attached hydrogen (secondary N) is 2. The first-order chi connectivity index (χ1) is 7.91. The van der Waals surface area contributed by atoms with Gasteiger partial charge in [0.1, 0.15) is 0 Å². The van der Waals surface area contributed by atoms with Crippen LogP contribution in [0.4, 0.5) is 0 Å². The van der Waals surface area contributed by atoms with Gasteiger partial charge in [-0.25, -0.2) is 0 Å². The van der Waals surface area contributed by atoms with Crippen molar-refractivity contribution in [1.82, 2.24) is 10.6 Å². The molecule has 0 aliphatic heterocycles.